The first-order valence-electron chi connectivity index (χ1n) is 11.3. The van der Waals surface area contributed by atoms with E-state index in [1.165, 1.54) is 96.3 Å². The second kappa shape index (κ2) is 16.9. The number of amidine groups is 1. The van der Waals surface area contributed by atoms with Crippen LogP contribution in [-0.4, -0.2) is 30.1 Å². The monoisotopic (exact) mass is 352 g/mol. The molecular weight excluding hydrogens is 308 g/mol. The third-order valence-electron chi connectivity index (χ3n) is 5.34. The van der Waals surface area contributed by atoms with Gasteiger partial charge in [0.25, 0.3) is 0 Å². The van der Waals surface area contributed by atoms with Crippen molar-refractivity contribution < 1.29 is 5.11 Å². The largest absolute Gasteiger partial charge is 0.396 e. The van der Waals surface area contributed by atoms with Gasteiger partial charge in [0.15, 0.2) is 0 Å². The van der Waals surface area contributed by atoms with Gasteiger partial charge < -0.3 is 10.4 Å². The second-order valence-corrected chi connectivity index (χ2v) is 7.82. The summed E-state index contributed by atoms with van der Waals surface area (Å²) in [5.41, 5.74) is 0. The number of aliphatic imine (C=N–C) groups is 1. The third kappa shape index (κ3) is 13.3. The maximum atomic E-state index is 8.85. The van der Waals surface area contributed by atoms with Crippen molar-refractivity contribution in [3.63, 3.8) is 0 Å². The molecule has 3 heteroatoms. The standard InChI is InChI=1S/C22H44N2O/c1-2-3-4-5-6-7-8-9-10-11-12-13-14-15-17-21-20-23-22(24-21)18-16-19-25/h21,25H,2-20H2,1H3,(H,23,24). The summed E-state index contributed by atoms with van der Waals surface area (Å²) in [5.74, 6) is 1.12. The molecule has 0 bridgehead atoms. The molecule has 1 rings (SSSR count). The zero-order chi connectivity index (χ0) is 18.0. The molecule has 0 fully saturated rings. The lowest BCUT2D eigenvalue weighted by atomic mass is 10.0. The van der Waals surface area contributed by atoms with Gasteiger partial charge in [-0.3, -0.25) is 4.99 Å². The lowest BCUT2D eigenvalue weighted by molar-refractivity contribution is 0.291. The van der Waals surface area contributed by atoms with Crippen LogP contribution in [0.5, 0.6) is 0 Å². The van der Waals surface area contributed by atoms with E-state index in [4.69, 9.17) is 10.1 Å². The lowest BCUT2D eigenvalue weighted by Crippen LogP contribution is -2.21. The van der Waals surface area contributed by atoms with Gasteiger partial charge in [-0.1, -0.05) is 96.8 Å². The summed E-state index contributed by atoms with van der Waals surface area (Å²) >= 11 is 0. The average Bonchev–Trinajstić information content (AvgIpc) is 3.08. The fourth-order valence-corrected chi connectivity index (χ4v) is 3.69. The molecule has 0 radical (unpaired) electrons. The molecule has 0 aromatic heterocycles. The summed E-state index contributed by atoms with van der Waals surface area (Å²) in [5, 5.41) is 12.2. The van der Waals surface area contributed by atoms with Gasteiger partial charge in [0.1, 0.15) is 0 Å². The van der Waals surface area contributed by atoms with E-state index in [0.29, 0.717) is 6.04 Å². The summed E-state index contributed by atoms with van der Waals surface area (Å²) < 4.78 is 0. The Kier molecular flexibility index (Phi) is 15.2. The number of nitrogens with one attached hydrogen (secondary N) is 1. The fraction of sp³-hybridized carbons (Fsp3) is 0.955. The average molecular weight is 353 g/mol. The zero-order valence-electron chi connectivity index (χ0n) is 16.9. The van der Waals surface area contributed by atoms with E-state index in [1.54, 1.807) is 0 Å². The highest BCUT2D eigenvalue weighted by molar-refractivity contribution is 5.83. The van der Waals surface area contributed by atoms with Crippen molar-refractivity contribution >= 4 is 5.84 Å². The van der Waals surface area contributed by atoms with E-state index in [2.05, 4.69) is 12.2 Å². The quantitative estimate of drug-likeness (QED) is 0.297. The van der Waals surface area contributed by atoms with E-state index >= 15 is 0 Å². The predicted molar refractivity (Wildman–Crippen MR) is 110 cm³/mol. The first-order chi connectivity index (χ1) is 12.4. The van der Waals surface area contributed by atoms with Crippen molar-refractivity contribution in [2.75, 3.05) is 13.2 Å². The summed E-state index contributed by atoms with van der Waals surface area (Å²) in [6.07, 6.45) is 22.9. The summed E-state index contributed by atoms with van der Waals surface area (Å²) in [6, 6.07) is 0.492. The van der Waals surface area contributed by atoms with Crippen molar-refractivity contribution in [1.29, 1.82) is 0 Å². The SMILES string of the molecule is CCCCCCCCCCCCCCCCC1CNC(CCCO)=N1. The van der Waals surface area contributed by atoms with Gasteiger partial charge in [-0.2, -0.15) is 0 Å². The van der Waals surface area contributed by atoms with Crippen molar-refractivity contribution in [1.82, 2.24) is 5.32 Å². The maximum Gasteiger partial charge on any atom is 0.0968 e. The Morgan fingerprint density at radius 3 is 1.84 bits per heavy atom. The predicted octanol–water partition coefficient (Wildman–Crippen LogP) is 6.00. The van der Waals surface area contributed by atoms with Crippen LogP contribution in [0, 0.1) is 0 Å². The van der Waals surface area contributed by atoms with E-state index in [0.717, 1.165) is 25.2 Å². The highest BCUT2D eigenvalue weighted by Gasteiger charge is 2.15. The number of rotatable bonds is 18. The van der Waals surface area contributed by atoms with Crippen LogP contribution in [0.3, 0.4) is 0 Å². The van der Waals surface area contributed by atoms with E-state index in [-0.39, 0.29) is 6.61 Å². The number of hydrogen-bond acceptors (Lipinski definition) is 3. The van der Waals surface area contributed by atoms with Crippen molar-refractivity contribution in [2.24, 2.45) is 4.99 Å². The number of aliphatic hydroxyl groups is 1. The van der Waals surface area contributed by atoms with Crippen LogP contribution >= 0.6 is 0 Å². The Morgan fingerprint density at radius 1 is 0.800 bits per heavy atom. The van der Waals surface area contributed by atoms with Gasteiger partial charge in [-0.25, -0.2) is 0 Å². The topological polar surface area (TPSA) is 44.6 Å². The highest BCUT2D eigenvalue weighted by atomic mass is 16.2. The highest BCUT2D eigenvalue weighted by Crippen LogP contribution is 2.15. The van der Waals surface area contributed by atoms with Gasteiger partial charge in [0, 0.05) is 19.6 Å². The molecule has 1 heterocycles. The summed E-state index contributed by atoms with van der Waals surface area (Å²) in [4.78, 5) is 4.72. The van der Waals surface area contributed by atoms with Gasteiger partial charge in [-0.05, 0) is 12.8 Å². The van der Waals surface area contributed by atoms with Crippen LogP contribution in [0.15, 0.2) is 4.99 Å². The molecule has 148 valence electrons. The van der Waals surface area contributed by atoms with Crippen molar-refractivity contribution in [3.05, 3.63) is 0 Å². The maximum absolute atomic E-state index is 8.85. The Hall–Kier alpha value is -0.570. The number of aliphatic hydroxyl groups excluding tert-OH is 1. The zero-order valence-corrected chi connectivity index (χ0v) is 16.9. The first kappa shape index (κ1) is 22.5. The Labute approximate surface area is 157 Å². The lowest BCUT2D eigenvalue weighted by Gasteiger charge is -2.06. The van der Waals surface area contributed by atoms with E-state index in [9.17, 15) is 0 Å². The fourth-order valence-electron chi connectivity index (χ4n) is 3.69. The molecule has 0 amide bonds. The molecule has 0 aromatic carbocycles. The molecule has 25 heavy (non-hydrogen) atoms. The number of nitrogens with zero attached hydrogens (tertiary/aromatic N) is 1. The van der Waals surface area contributed by atoms with Crippen LogP contribution in [0.25, 0.3) is 0 Å². The van der Waals surface area contributed by atoms with Crippen LogP contribution in [-0.2, 0) is 0 Å². The molecule has 0 spiro atoms. The molecule has 1 aliphatic heterocycles. The Balaban J connectivity index is 1.77. The smallest absolute Gasteiger partial charge is 0.0968 e. The Morgan fingerprint density at radius 2 is 1.32 bits per heavy atom. The Bertz CT molecular complexity index is 317. The second-order valence-electron chi connectivity index (χ2n) is 7.82. The molecule has 2 N–H and O–H groups in total. The van der Waals surface area contributed by atoms with Crippen LogP contribution < -0.4 is 5.32 Å². The van der Waals surface area contributed by atoms with Crippen molar-refractivity contribution in [3.8, 4) is 0 Å². The van der Waals surface area contributed by atoms with Crippen LogP contribution in [0.2, 0.25) is 0 Å². The molecule has 3 nitrogen and oxygen atoms in total. The molecule has 1 atom stereocenters. The summed E-state index contributed by atoms with van der Waals surface area (Å²) in [6.45, 7) is 3.57. The van der Waals surface area contributed by atoms with E-state index < -0.39 is 0 Å². The molecule has 0 saturated heterocycles. The van der Waals surface area contributed by atoms with Crippen LogP contribution in [0.1, 0.15) is 116 Å². The molecular formula is C22H44N2O. The van der Waals surface area contributed by atoms with Crippen molar-refractivity contribution in [2.45, 2.75) is 122 Å². The molecule has 0 saturated carbocycles. The molecule has 1 unspecified atom stereocenters. The first-order valence-corrected chi connectivity index (χ1v) is 11.3. The van der Waals surface area contributed by atoms with Gasteiger partial charge in [-0.15, -0.1) is 0 Å². The van der Waals surface area contributed by atoms with Gasteiger partial charge >= 0.3 is 0 Å². The minimum atomic E-state index is 0.268. The number of unbranched alkanes of at least 4 members (excludes halogenated alkanes) is 13. The third-order valence-corrected chi connectivity index (χ3v) is 5.34. The van der Waals surface area contributed by atoms with E-state index in [1.807, 2.05) is 0 Å². The van der Waals surface area contributed by atoms with Gasteiger partial charge in [0.05, 0.1) is 11.9 Å². The van der Waals surface area contributed by atoms with Gasteiger partial charge in [0.2, 0.25) is 0 Å². The molecule has 0 aliphatic carbocycles. The minimum absolute atomic E-state index is 0.268. The number of hydrogen-bond donors (Lipinski definition) is 2. The summed E-state index contributed by atoms with van der Waals surface area (Å²) in [7, 11) is 0. The molecule has 0 aromatic rings. The minimum Gasteiger partial charge on any atom is -0.396 e. The normalized spacial score (nSPS) is 16.9. The van der Waals surface area contributed by atoms with Crippen LogP contribution in [0.4, 0.5) is 0 Å². The molecule has 1 aliphatic rings.